The van der Waals surface area contributed by atoms with Gasteiger partial charge in [0.05, 0.1) is 24.7 Å². The highest BCUT2D eigenvalue weighted by atomic mass is 16.5. The van der Waals surface area contributed by atoms with E-state index in [1.165, 1.54) is 0 Å². The summed E-state index contributed by atoms with van der Waals surface area (Å²) < 4.78 is 5.35. The number of hydrazone groups is 2. The number of anilines is 1. The second-order valence-electron chi connectivity index (χ2n) is 6.31. The van der Waals surface area contributed by atoms with Gasteiger partial charge in [-0.1, -0.05) is 13.0 Å². The van der Waals surface area contributed by atoms with Gasteiger partial charge in [-0.15, -0.1) is 0 Å². The normalized spacial score (nSPS) is 20.7. The van der Waals surface area contributed by atoms with E-state index in [2.05, 4.69) is 32.4 Å². The number of benzene rings is 1. The van der Waals surface area contributed by atoms with E-state index in [4.69, 9.17) is 9.84 Å². The van der Waals surface area contributed by atoms with E-state index in [0.29, 0.717) is 0 Å². The molecule has 1 aromatic heterocycles. The molecule has 2 aliphatic rings. The minimum atomic E-state index is -0.196. The Kier molecular flexibility index (Phi) is 5.09. The topological polar surface area (TPSA) is 86.8 Å². The number of nitrogens with zero attached hydrogens (tertiary/aromatic N) is 6. The Bertz CT molecular complexity index is 952. The summed E-state index contributed by atoms with van der Waals surface area (Å²) in [5.74, 6) is 1.44. The molecule has 2 atom stereocenters. The molecule has 142 valence electrons. The summed E-state index contributed by atoms with van der Waals surface area (Å²) in [6.07, 6.45) is 7.36. The van der Waals surface area contributed by atoms with Crippen molar-refractivity contribution < 1.29 is 4.74 Å². The molecule has 8 heteroatoms. The van der Waals surface area contributed by atoms with Gasteiger partial charge in [-0.2, -0.15) is 10.2 Å². The predicted octanol–water partition coefficient (Wildman–Crippen LogP) is 2.68. The fourth-order valence-corrected chi connectivity index (χ4v) is 3.24. The van der Waals surface area contributed by atoms with E-state index in [1.54, 1.807) is 32.1 Å². The summed E-state index contributed by atoms with van der Waals surface area (Å²) in [4.78, 5) is 13.0. The van der Waals surface area contributed by atoms with Crippen LogP contribution in [-0.4, -0.2) is 42.4 Å². The average molecular weight is 375 g/mol. The number of fused-ring (bicyclic) bond motifs is 1. The molecule has 0 saturated heterocycles. The van der Waals surface area contributed by atoms with Crippen LogP contribution in [0.15, 0.2) is 69.0 Å². The van der Waals surface area contributed by atoms with E-state index < -0.39 is 0 Å². The first-order chi connectivity index (χ1) is 13.8. The Balaban J connectivity index is 1.56. The summed E-state index contributed by atoms with van der Waals surface area (Å²) in [6.45, 7) is 2.08. The minimum absolute atomic E-state index is 0.0733. The minimum Gasteiger partial charge on any atom is -0.497 e. The number of methoxy groups -OCH3 is 1. The van der Waals surface area contributed by atoms with Gasteiger partial charge in [0.1, 0.15) is 23.8 Å². The first-order valence-corrected chi connectivity index (χ1v) is 9.09. The van der Waals surface area contributed by atoms with Gasteiger partial charge in [0.25, 0.3) is 0 Å². The molecule has 1 N–H and O–H groups in total. The van der Waals surface area contributed by atoms with Gasteiger partial charge in [0.15, 0.2) is 6.17 Å². The van der Waals surface area contributed by atoms with Gasteiger partial charge in [0.2, 0.25) is 0 Å². The molecular formula is C20H21N7O. The number of hydrogen-bond acceptors (Lipinski definition) is 8. The Hall–Kier alpha value is -3.55. The van der Waals surface area contributed by atoms with Crippen molar-refractivity contribution in [3.05, 3.63) is 54.4 Å². The Morgan fingerprint density at radius 3 is 2.89 bits per heavy atom. The van der Waals surface area contributed by atoms with E-state index in [-0.39, 0.29) is 12.1 Å². The van der Waals surface area contributed by atoms with Crippen LogP contribution < -0.4 is 15.2 Å². The van der Waals surface area contributed by atoms with Crippen molar-refractivity contribution in [2.24, 2.45) is 26.1 Å². The van der Waals surface area contributed by atoms with Crippen LogP contribution in [-0.2, 0) is 0 Å². The third kappa shape index (κ3) is 3.48. The summed E-state index contributed by atoms with van der Waals surface area (Å²) >= 11 is 0. The van der Waals surface area contributed by atoms with Gasteiger partial charge in [-0.25, -0.2) is 15.0 Å². The van der Waals surface area contributed by atoms with Crippen molar-refractivity contribution in [2.75, 3.05) is 12.1 Å². The van der Waals surface area contributed by atoms with Crippen LogP contribution in [0.3, 0.4) is 0 Å². The molecule has 0 bridgehead atoms. The van der Waals surface area contributed by atoms with Gasteiger partial charge >= 0.3 is 0 Å². The fraction of sp³-hybridized carbons (Fsp3) is 0.250. The van der Waals surface area contributed by atoms with Crippen LogP contribution in [0.1, 0.15) is 18.9 Å². The molecule has 0 aliphatic carbocycles. The van der Waals surface area contributed by atoms with E-state index >= 15 is 0 Å². The van der Waals surface area contributed by atoms with Crippen molar-refractivity contribution in [1.82, 2.24) is 10.4 Å². The molecule has 2 aliphatic heterocycles. The lowest BCUT2D eigenvalue weighted by atomic mass is 9.97. The van der Waals surface area contributed by atoms with Crippen molar-refractivity contribution >= 4 is 29.8 Å². The lowest BCUT2D eigenvalue weighted by molar-refractivity contribution is 0.414. The second kappa shape index (κ2) is 7.99. The monoisotopic (exact) mass is 375 g/mol. The van der Waals surface area contributed by atoms with Crippen LogP contribution in [0.5, 0.6) is 5.75 Å². The lowest BCUT2D eigenvalue weighted by Gasteiger charge is -2.27. The summed E-state index contributed by atoms with van der Waals surface area (Å²) in [5, 5.41) is 11.1. The molecular weight excluding hydrogens is 354 g/mol. The third-order valence-electron chi connectivity index (χ3n) is 4.63. The number of amidine groups is 1. The van der Waals surface area contributed by atoms with Crippen LogP contribution >= 0.6 is 0 Å². The van der Waals surface area contributed by atoms with Gasteiger partial charge in [0, 0.05) is 18.5 Å². The number of aliphatic imine (C=N–C) groups is 2. The number of ether oxygens (including phenoxy) is 1. The number of nitrogens with one attached hydrogen (secondary N) is 1. The summed E-state index contributed by atoms with van der Waals surface area (Å²) in [6, 6.07) is 11.6. The van der Waals surface area contributed by atoms with Crippen molar-refractivity contribution in [1.29, 1.82) is 0 Å². The molecule has 2 unspecified atom stereocenters. The first-order valence-electron chi connectivity index (χ1n) is 9.09. The molecule has 3 heterocycles. The molecule has 28 heavy (non-hydrogen) atoms. The Morgan fingerprint density at radius 2 is 2.11 bits per heavy atom. The quantitative estimate of drug-likeness (QED) is 0.643. The highest BCUT2D eigenvalue weighted by Gasteiger charge is 2.41. The Labute approximate surface area is 163 Å². The largest absolute Gasteiger partial charge is 0.497 e. The fourth-order valence-electron chi connectivity index (χ4n) is 3.24. The van der Waals surface area contributed by atoms with E-state index in [1.807, 2.05) is 41.4 Å². The summed E-state index contributed by atoms with van der Waals surface area (Å²) in [7, 11) is 1.65. The molecule has 4 rings (SSSR count). The zero-order chi connectivity index (χ0) is 19.3. The second-order valence-corrected chi connectivity index (χ2v) is 6.31. The highest BCUT2D eigenvalue weighted by molar-refractivity contribution is 6.12. The van der Waals surface area contributed by atoms with Crippen LogP contribution in [0.25, 0.3) is 0 Å². The van der Waals surface area contributed by atoms with Crippen molar-refractivity contribution in [3.63, 3.8) is 0 Å². The highest BCUT2D eigenvalue weighted by Crippen LogP contribution is 2.33. The Morgan fingerprint density at radius 1 is 1.25 bits per heavy atom. The molecule has 8 nitrogen and oxygen atoms in total. The molecule has 0 saturated carbocycles. The van der Waals surface area contributed by atoms with Crippen molar-refractivity contribution in [2.45, 2.75) is 19.5 Å². The van der Waals surface area contributed by atoms with Gasteiger partial charge < -0.3 is 4.74 Å². The van der Waals surface area contributed by atoms with Gasteiger partial charge in [-0.05, 0) is 36.2 Å². The van der Waals surface area contributed by atoms with Crippen LogP contribution in [0, 0.1) is 5.92 Å². The van der Waals surface area contributed by atoms with E-state index in [0.717, 1.165) is 35.0 Å². The number of aromatic nitrogens is 1. The number of rotatable bonds is 5. The number of hydrogen-bond donors (Lipinski definition) is 1. The predicted molar refractivity (Wildman–Crippen MR) is 111 cm³/mol. The SMILES string of the molecule is CCC1=NN(c2cccc(OC)c2)C2N=CN=C(N/N=C/c3ccncc3)C12. The zero-order valence-corrected chi connectivity index (χ0v) is 15.7. The third-order valence-corrected chi connectivity index (χ3v) is 4.63. The molecule has 0 radical (unpaired) electrons. The molecule has 2 aromatic rings. The molecule has 0 amide bonds. The maximum Gasteiger partial charge on any atom is 0.159 e. The van der Waals surface area contributed by atoms with E-state index in [9.17, 15) is 0 Å². The average Bonchev–Trinajstić information content (AvgIpc) is 3.14. The zero-order valence-electron chi connectivity index (χ0n) is 15.7. The van der Waals surface area contributed by atoms with Crippen LogP contribution in [0.4, 0.5) is 5.69 Å². The summed E-state index contributed by atoms with van der Waals surface area (Å²) in [5.41, 5.74) is 5.97. The first kappa shape index (κ1) is 17.8. The number of pyridine rings is 1. The molecule has 0 fully saturated rings. The van der Waals surface area contributed by atoms with Crippen molar-refractivity contribution in [3.8, 4) is 5.75 Å². The maximum absolute atomic E-state index is 5.35. The maximum atomic E-state index is 5.35. The standard InChI is InChI=1S/C20H21N7O/c1-3-17-18-19(25-24-12-14-7-9-21-10-8-14)22-13-23-20(18)27(26-17)15-5-4-6-16(11-15)28-2/h4-13,18,20H,3H2,1-2H3,(H,22,23,25)/b24-12+. The molecule has 1 aromatic carbocycles. The molecule has 0 spiro atoms. The van der Waals surface area contributed by atoms with Crippen LogP contribution in [0.2, 0.25) is 0 Å². The smallest absolute Gasteiger partial charge is 0.159 e. The van der Waals surface area contributed by atoms with Gasteiger partial charge in [-0.3, -0.25) is 10.4 Å². The lowest BCUT2D eigenvalue weighted by Crippen LogP contribution is -2.43.